The van der Waals surface area contributed by atoms with Crippen LogP contribution in [0.15, 0.2) is 54.9 Å². The number of nitrogens with zero attached hydrogens (tertiary/aromatic N) is 2. The number of pyridine rings is 1. The van der Waals surface area contributed by atoms with Crippen molar-refractivity contribution >= 4 is 23.6 Å². The number of hydrogen-bond acceptors (Lipinski definition) is 3. The Morgan fingerprint density at radius 3 is 2.64 bits per heavy atom. The molecule has 2 aromatic rings. The Bertz CT molecular complexity index is 905. The Balaban J connectivity index is 1.29. The third-order valence-corrected chi connectivity index (χ3v) is 5.79. The van der Waals surface area contributed by atoms with Crippen LogP contribution in [0, 0.1) is 17.2 Å². The van der Waals surface area contributed by atoms with E-state index in [0.29, 0.717) is 18.8 Å². The molecule has 4 rings (SSSR count). The molecule has 1 saturated carbocycles. The van der Waals surface area contributed by atoms with Gasteiger partial charge in [-0.15, -0.1) is 0 Å². The van der Waals surface area contributed by atoms with Gasteiger partial charge in [-0.1, -0.05) is 6.07 Å². The highest BCUT2D eigenvalue weighted by Gasteiger charge is 2.58. The summed E-state index contributed by atoms with van der Waals surface area (Å²) in [5, 5.41) is 2.81. The Kier molecular flexibility index (Phi) is 4.94. The average molecular weight is 379 g/mol. The second-order valence-electron chi connectivity index (χ2n) is 7.56. The maximum absolute atomic E-state index is 13.3. The molecule has 0 unspecified atom stereocenters. The summed E-state index contributed by atoms with van der Waals surface area (Å²) in [6, 6.07) is 9.64. The fourth-order valence-corrected chi connectivity index (χ4v) is 3.99. The minimum absolute atomic E-state index is 0.00641. The van der Waals surface area contributed by atoms with Gasteiger partial charge in [0.1, 0.15) is 5.82 Å². The predicted octanol–water partition coefficient (Wildman–Crippen LogP) is 3.50. The topological polar surface area (TPSA) is 62.3 Å². The van der Waals surface area contributed by atoms with Gasteiger partial charge in [0.15, 0.2) is 0 Å². The molecule has 2 fully saturated rings. The van der Waals surface area contributed by atoms with E-state index in [1.165, 1.54) is 12.1 Å². The van der Waals surface area contributed by atoms with Crippen molar-refractivity contribution in [2.75, 3.05) is 18.4 Å². The van der Waals surface area contributed by atoms with Gasteiger partial charge in [-0.3, -0.25) is 14.6 Å². The van der Waals surface area contributed by atoms with Crippen molar-refractivity contribution in [3.8, 4) is 0 Å². The van der Waals surface area contributed by atoms with Crippen molar-refractivity contribution in [1.82, 2.24) is 9.88 Å². The number of carbonyl (C=O) groups is 2. The first kappa shape index (κ1) is 18.3. The van der Waals surface area contributed by atoms with E-state index in [4.69, 9.17) is 0 Å². The Hall–Kier alpha value is -3.02. The number of piperidine rings is 1. The minimum atomic E-state index is -0.366. The molecular weight excluding hydrogens is 357 g/mol. The van der Waals surface area contributed by atoms with Gasteiger partial charge < -0.3 is 10.2 Å². The highest BCUT2D eigenvalue weighted by Crippen LogP contribution is 2.59. The van der Waals surface area contributed by atoms with E-state index < -0.39 is 0 Å². The highest BCUT2D eigenvalue weighted by molar-refractivity contribution is 5.95. The summed E-state index contributed by atoms with van der Waals surface area (Å²) in [4.78, 5) is 30.7. The number of likely N-dealkylation sites (tertiary alicyclic amines) is 1. The predicted molar refractivity (Wildman–Crippen MR) is 105 cm³/mol. The van der Waals surface area contributed by atoms with Gasteiger partial charge in [0, 0.05) is 43.2 Å². The SMILES string of the molecule is O=C(Nc1cccc(F)c1)[C@@H]1CC12CCN(C(=O)/C=C/c1ccncc1)CC2. The van der Waals surface area contributed by atoms with Crippen LogP contribution in [0.2, 0.25) is 0 Å². The van der Waals surface area contributed by atoms with Gasteiger partial charge in [0.25, 0.3) is 0 Å². The van der Waals surface area contributed by atoms with E-state index >= 15 is 0 Å². The van der Waals surface area contributed by atoms with Crippen molar-refractivity contribution < 1.29 is 14.0 Å². The van der Waals surface area contributed by atoms with E-state index in [-0.39, 0.29) is 29.0 Å². The van der Waals surface area contributed by atoms with E-state index in [1.807, 2.05) is 17.0 Å². The number of hydrogen-bond donors (Lipinski definition) is 1. The summed E-state index contributed by atoms with van der Waals surface area (Å²) in [5.41, 5.74) is 1.41. The molecule has 1 aliphatic carbocycles. The van der Waals surface area contributed by atoms with Crippen LogP contribution in [0.3, 0.4) is 0 Å². The average Bonchev–Trinajstić information content (AvgIpc) is 3.41. The smallest absolute Gasteiger partial charge is 0.246 e. The molecule has 0 bridgehead atoms. The van der Waals surface area contributed by atoms with Crippen molar-refractivity contribution in [3.63, 3.8) is 0 Å². The lowest BCUT2D eigenvalue weighted by molar-refractivity contribution is -0.127. The maximum Gasteiger partial charge on any atom is 0.246 e. The van der Waals surface area contributed by atoms with E-state index in [9.17, 15) is 14.0 Å². The summed E-state index contributed by atoms with van der Waals surface area (Å²) >= 11 is 0. The largest absolute Gasteiger partial charge is 0.339 e. The fourth-order valence-electron chi connectivity index (χ4n) is 3.99. The first-order valence-corrected chi connectivity index (χ1v) is 9.49. The third-order valence-electron chi connectivity index (χ3n) is 5.79. The monoisotopic (exact) mass is 379 g/mol. The molecule has 28 heavy (non-hydrogen) atoms. The van der Waals surface area contributed by atoms with Gasteiger partial charge in [-0.25, -0.2) is 4.39 Å². The molecule has 1 aromatic heterocycles. The summed E-state index contributed by atoms with van der Waals surface area (Å²) in [5.74, 6) is -0.480. The van der Waals surface area contributed by atoms with Crippen molar-refractivity contribution in [2.45, 2.75) is 19.3 Å². The molecule has 2 heterocycles. The van der Waals surface area contributed by atoms with Crippen LogP contribution in [0.4, 0.5) is 10.1 Å². The number of nitrogens with one attached hydrogen (secondary N) is 1. The minimum Gasteiger partial charge on any atom is -0.339 e. The molecule has 1 saturated heterocycles. The number of halogens is 1. The molecule has 1 N–H and O–H groups in total. The van der Waals surface area contributed by atoms with Gasteiger partial charge in [-0.05, 0) is 66.6 Å². The van der Waals surface area contributed by atoms with Crippen molar-refractivity contribution in [3.05, 3.63) is 66.2 Å². The Morgan fingerprint density at radius 2 is 1.93 bits per heavy atom. The zero-order chi connectivity index (χ0) is 19.6. The lowest BCUT2D eigenvalue weighted by atomic mass is 9.90. The number of amides is 2. The Morgan fingerprint density at radius 1 is 1.18 bits per heavy atom. The molecule has 1 spiro atoms. The summed E-state index contributed by atoms with van der Waals surface area (Å²) in [7, 11) is 0. The Labute approximate surface area is 163 Å². The number of rotatable bonds is 4. The molecule has 2 amide bonds. The zero-order valence-corrected chi connectivity index (χ0v) is 15.5. The van der Waals surface area contributed by atoms with Crippen molar-refractivity contribution in [2.24, 2.45) is 11.3 Å². The number of anilines is 1. The van der Waals surface area contributed by atoms with Gasteiger partial charge in [-0.2, -0.15) is 0 Å². The molecule has 1 atom stereocenters. The van der Waals surface area contributed by atoms with Crippen LogP contribution in [-0.2, 0) is 9.59 Å². The molecule has 1 aromatic carbocycles. The molecule has 2 aliphatic rings. The van der Waals surface area contributed by atoms with Crippen LogP contribution >= 0.6 is 0 Å². The number of carbonyl (C=O) groups excluding carboxylic acids is 2. The number of benzene rings is 1. The quantitative estimate of drug-likeness (QED) is 0.827. The lowest BCUT2D eigenvalue weighted by Crippen LogP contribution is -2.39. The molecule has 144 valence electrons. The zero-order valence-electron chi connectivity index (χ0n) is 15.5. The van der Waals surface area contributed by atoms with E-state index in [2.05, 4.69) is 10.3 Å². The maximum atomic E-state index is 13.3. The summed E-state index contributed by atoms with van der Waals surface area (Å²) in [6.07, 6.45) is 9.25. The highest BCUT2D eigenvalue weighted by atomic mass is 19.1. The molecule has 6 heteroatoms. The van der Waals surface area contributed by atoms with Crippen LogP contribution < -0.4 is 5.32 Å². The first-order chi connectivity index (χ1) is 13.6. The van der Waals surface area contributed by atoms with Gasteiger partial charge in [0.2, 0.25) is 11.8 Å². The van der Waals surface area contributed by atoms with Crippen molar-refractivity contribution in [1.29, 1.82) is 0 Å². The third kappa shape index (κ3) is 3.96. The van der Waals surface area contributed by atoms with Crippen LogP contribution in [0.25, 0.3) is 6.08 Å². The van der Waals surface area contributed by atoms with Gasteiger partial charge in [0.05, 0.1) is 0 Å². The first-order valence-electron chi connectivity index (χ1n) is 9.49. The van der Waals surface area contributed by atoms with Crippen LogP contribution in [0.5, 0.6) is 0 Å². The van der Waals surface area contributed by atoms with Crippen LogP contribution in [-0.4, -0.2) is 34.8 Å². The summed E-state index contributed by atoms with van der Waals surface area (Å²) in [6.45, 7) is 1.31. The summed E-state index contributed by atoms with van der Waals surface area (Å²) < 4.78 is 13.3. The molecule has 1 aliphatic heterocycles. The molecular formula is C22H22FN3O2. The van der Waals surface area contributed by atoms with Gasteiger partial charge >= 0.3 is 0 Å². The second-order valence-corrected chi connectivity index (χ2v) is 7.56. The fraction of sp³-hybridized carbons (Fsp3) is 0.318. The number of aromatic nitrogens is 1. The molecule has 5 nitrogen and oxygen atoms in total. The van der Waals surface area contributed by atoms with E-state index in [0.717, 1.165) is 24.8 Å². The second kappa shape index (κ2) is 7.54. The lowest BCUT2D eigenvalue weighted by Gasteiger charge is -2.32. The normalized spacial score (nSPS) is 20.3. The molecule has 0 radical (unpaired) electrons. The van der Waals surface area contributed by atoms with E-state index in [1.54, 1.807) is 36.7 Å². The standard InChI is InChI=1S/C22H22FN3O2/c23-17-2-1-3-18(14-17)25-21(28)19-15-22(19)8-12-26(13-9-22)20(27)5-4-16-6-10-24-11-7-16/h1-7,10-11,14,19H,8-9,12-13,15H2,(H,25,28)/b5-4+/t19-/m0/s1. The van der Waals surface area contributed by atoms with Crippen LogP contribution in [0.1, 0.15) is 24.8 Å².